The first kappa shape index (κ1) is 33.8. The number of hydrogen-bond donors (Lipinski definition) is 6. The zero-order valence-electron chi connectivity index (χ0n) is 25.6. The van der Waals surface area contributed by atoms with Crippen LogP contribution in [0.2, 0.25) is 0 Å². The Bertz CT molecular complexity index is 890. The molecule has 0 radical (unpaired) electrons. The van der Waals surface area contributed by atoms with Crippen molar-refractivity contribution < 1.29 is 25.2 Å². The predicted octanol–water partition coefficient (Wildman–Crippen LogP) is 5.85. The van der Waals surface area contributed by atoms with Crippen molar-refractivity contribution in [2.45, 2.75) is 128 Å². The van der Waals surface area contributed by atoms with E-state index in [9.17, 15) is 25.2 Å². The maximum Gasteiger partial charge on any atom is 0.309 e. The summed E-state index contributed by atoms with van der Waals surface area (Å²) in [5, 5.41) is 46.2. The fourth-order valence-corrected chi connectivity index (χ4v) is 7.36. The SMILES string of the molecule is CCCCCC1C=CC(CCCCCC(C(=O)O)C(O)CCC2(O)CC(CNCC)C(Cc3cc[nH]c3)C2)C(O)C1. The normalized spacial score (nSPS) is 29.5. The summed E-state index contributed by atoms with van der Waals surface area (Å²) in [5.41, 5.74) is 0.376. The monoisotopic (exact) mass is 574 g/mol. The number of aliphatic hydroxyl groups is 3. The molecular formula is C34H58N2O5. The van der Waals surface area contributed by atoms with Gasteiger partial charge < -0.3 is 30.7 Å². The number of H-pyrrole nitrogens is 1. The lowest BCUT2D eigenvalue weighted by Crippen LogP contribution is -2.33. The number of aliphatic carboxylic acids is 1. The minimum absolute atomic E-state index is 0.197. The summed E-state index contributed by atoms with van der Waals surface area (Å²) in [6.07, 6.45) is 19.9. The number of aliphatic hydroxyl groups excluding tert-OH is 2. The van der Waals surface area contributed by atoms with Crippen molar-refractivity contribution in [1.29, 1.82) is 0 Å². The minimum Gasteiger partial charge on any atom is -0.481 e. The van der Waals surface area contributed by atoms with Crippen molar-refractivity contribution in [2.75, 3.05) is 13.1 Å². The second-order valence-corrected chi connectivity index (χ2v) is 13.2. The maximum absolute atomic E-state index is 12.0. The van der Waals surface area contributed by atoms with E-state index in [1.165, 1.54) is 24.8 Å². The highest BCUT2D eigenvalue weighted by Crippen LogP contribution is 2.44. The van der Waals surface area contributed by atoms with Gasteiger partial charge in [0.25, 0.3) is 0 Å². The quantitative estimate of drug-likeness (QED) is 0.0857. The van der Waals surface area contributed by atoms with Crippen LogP contribution in [0.3, 0.4) is 0 Å². The van der Waals surface area contributed by atoms with Crippen LogP contribution in [0, 0.1) is 29.6 Å². The average Bonchev–Trinajstić information content (AvgIpc) is 3.56. The molecule has 7 nitrogen and oxygen atoms in total. The standard InChI is InChI=1S/C34H58N2O5/c1-3-5-7-10-25-13-14-27(32(38)20-25)11-8-6-9-12-30(33(39)40)31(37)15-17-34(41)21-28(19-26-16-18-36-23-26)29(22-34)24-35-4-2/h13-14,16,18,23,25,27-32,35-38,41H,3-12,15,17,19-22,24H2,1-2H3,(H,39,40). The zero-order valence-corrected chi connectivity index (χ0v) is 25.6. The number of unbranched alkanes of at least 4 members (excludes halogenated alkanes) is 4. The van der Waals surface area contributed by atoms with Crippen LogP contribution in [0.4, 0.5) is 0 Å². The van der Waals surface area contributed by atoms with Crippen LogP contribution in [0.25, 0.3) is 0 Å². The van der Waals surface area contributed by atoms with E-state index < -0.39 is 23.6 Å². The van der Waals surface area contributed by atoms with Crippen LogP contribution >= 0.6 is 0 Å². The third kappa shape index (κ3) is 11.2. The van der Waals surface area contributed by atoms with Gasteiger partial charge >= 0.3 is 5.97 Å². The third-order valence-corrected chi connectivity index (χ3v) is 9.85. The molecule has 0 aromatic carbocycles. The molecule has 1 aromatic heterocycles. The highest BCUT2D eigenvalue weighted by molar-refractivity contribution is 5.70. The number of aromatic amines is 1. The van der Waals surface area contributed by atoms with E-state index in [0.717, 1.165) is 58.0 Å². The molecule has 8 atom stereocenters. The Labute approximate surface area is 248 Å². The van der Waals surface area contributed by atoms with Gasteiger partial charge in [0.15, 0.2) is 0 Å². The van der Waals surface area contributed by atoms with Crippen LogP contribution in [-0.4, -0.2) is 62.3 Å². The van der Waals surface area contributed by atoms with Crippen molar-refractivity contribution in [2.24, 2.45) is 29.6 Å². The molecule has 2 aliphatic rings. The molecule has 234 valence electrons. The summed E-state index contributed by atoms with van der Waals surface area (Å²) in [6, 6.07) is 2.09. The van der Waals surface area contributed by atoms with Crippen molar-refractivity contribution in [1.82, 2.24) is 10.3 Å². The largest absolute Gasteiger partial charge is 0.481 e. The Morgan fingerprint density at radius 1 is 1.07 bits per heavy atom. The number of rotatable bonds is 20. The summed E-state index contributed by atoms with van der Waals surface area (Å²) in [7, 11) is 0. The highest BCUT2D eigenvalue weighted by Gasteiger charge is 2.44. The molecule has 1 aromatic rings. The second-order valence-electron chi connectivity index (χ2n) is 13.2. The van der Waals surface area contributed by atoms with Crippen LogP contribution in [0.5, 0.6) is 0 Å². The molecule has 8 unspecified atom stereocenters. The Hall–Kier alpha value is -1.67. The van der Waals surface area contributed by atoms with Crippen molar-refractivity contribution in [3.05, 3.63) is 36.2 Å². The number of carboxylic acid groups (broad SMARTS) is 1. The number of carbonyl (C=O) groups is 1. The second kappa shape index (κ2) is 17.4. The smallest absolute Gasteiger partial charge is 0.309 e. The zero-order chi connectivity index (χ0) is 29.7. The molecule has 0 bridgehead atoms. The lowest BCUT2D eigenvalue weighted by atomic mass is 9.81. The van der Waals surface area contributed by atoms with Crippen molar-refractivity contribution in [3.8, 4) is 0 Å². The summed E-state index contributed by atoms with van der Waals surface area (Å²) >= 11 is 0. The molecule has 6 N–H and O–H groups in total. The average molecular weight is 575 g/mol. The van der Waals surface area contributed by atoms with Crippen LogP contribution in [0.1, 0.15) is 109 Å². The van der Waals surface area contributed by atoms with Crippen LogP contribution < -0.4 is 5.32 Å². The number of carboxylic acids is 1. The Morgan fingerprint density at radius 2 is 1.85 bits per heavy atom. The van der Waals surface area contributed by atoms with Gasteiger partial charge in [0.05, 0.1) is 23.7 Å². The van der Waals surface area contributed by atoms with E-state index in [2.05, 4.69) is 42.4 Å². The van der Waals surface area contributed by atoms with Gasteiger partial charge in [-0.05, 0) is 100 Å². The van der Waals surface area contributed by atoms with E-state index in [0.29, 0.717) is 49.9 Å². The van der Waals surface area contributed by atoms with Gasteiger partial charge in [0.1, 0.15) is 0 Å². The van der Waals surface area contributed by atoms with E-state index in [1.807, 2.05) is 12.4 Å². The van der Waals surface area contributed by atoms with Gasteiger partial charge in [0.2, 0.25) is 0 Å². The molecule has 3 rings (SSSR count). The van der Waals surface area contributed by atoms with Gasteiger partial charge in [-0.1, -0.05) is 64.5 Å². The maximum atomic E-state index is 12.0. The lowest BCUT2D eigenvalue weighted by molar-refractivity contribution is -0.146. The van der Waals surface area contributed by atoms with E-state index in [4.69, 9.17) is 0 Å². The highest BCUT2D eigenvalue weighted by atomic mass is 16.4. The number of nitrogens with one attached hydrogen (secondary N) is 2. The Morgan fingerprint density at radius 3 is 2.54 bits per heavy atom. The molecule has 2 aliphatic carbocycles. The first-order chi connectivity index (χ1) is 19.7. The molecule has 0 aliphatic heterocycles. The molecule has 7 heteroatoms. The van der Waals surface area contributed by atoms with Crippen LogP contribution in [0.15, 0.2) is 30.6 Å². The fraction of sp³-hybridized carbons (Fsp3) is 0.794. The van der Waals surface area contributed by atoms with Crippen molar-refractivity contribution in [3.63, 3.8) is 0 Å². The van der Waals surface area contributed by atoms with E-state index >= 15 is 0 Å². The number of hydrogen-bond acceptors (Lipinski definition) is 5. The summed E-state index contributed by atoms with van der Waals surface area (Å²) in [4.78, 5) is 15.1. The molecule has 1 saturated carbocycles. The Balaban J connectivity index is 1.40. The molecule has 0 amide bonds. The number of allylic oxidation sites excluding steroid dienone is 1. The lowest BCUT2D eigenvalue weighted by Gasteiger charge is -2.28. The van der Waals surface area contributed by atoms with Gasteiger partial charge in [-0.3, -0.25) is 4.79 Å². The van der Waals surface area contributed by atoms with Crippen molar-refractivity contribution >= 4 is 5.97 Å². The van der Waals surface area contributed by atoms with Gasteiger partial charge in [-0.2, -0.15) is 0 Å². The molecule has 0 saturated heterocycles. The molecule has 41 heavy (non-hydrogen) atoms. The fourth-order valence-electron chi connectivity index (χ4n) is 7.36. The van der Waals surface area contributed by atoms with Gasteiger partial charge in [0, 0.05) is 18.3 Å². The first-order valence-corrected chi connectivity index (χ1v) is 16.6. The minimum atomic E-state index is -0.958. The third-order valence-electron chi connectivity index (χ3n) is 9.85. The topological polar surface area (TPSA) is 126 Å². The predicted molar refractivity (Wildman–Crippen MR) is 165 cm³/mol. The molecule has 1 fully saturated rings. The first-order valence-electron chi connectivity index (χ1n) is 16.6. The molecule has 0 spiro atoms. The summed E-state index contributed by atoms with van der Waals surface area (Å²) in [5.74, 6) is -0.360. The van der Waals surface area contributed by atoms with Gasteiger partial charge in [-0.25, -0.2) is 0 Å². The molecular weight excluding hydrogens is 516 g/mol. The summed E-state index contributed by atoms with van der Waals surface area (Å²) in [6.45, 7) is 6.06. The Kier molecular flexibility index (Phi) is 14.4. The van der Waals surface area contributed by atoms with E-state index in [-0.39, 0.29) is 12.0 Å². The van der Waals surface area contributed by atoms with E-state index in [1.54, 1.807) is 0 Å². The number of aromatic nitrogens is 1. The van der Waals surface area contributed by atoms with Crippen LogP contribution in [-0.2, 0) is 11.2 Å². The van der Waals surface area contributed by atoms with Gasteiger partial charge in [-0.15, -0.1) is 0 Å². The summed E-state index contributed by atoms with van der Waals surface area (Å²) < 4.78 is 0. The molecule has 1 heterocycles.